The standard InChI is InChI=1S/C15H19NO6/c1-4-22-15(19)9-16-12(8-14(17)18)11-6-5-10(20-2)7-13(11)21-3/h5-8,16H,4,9H2,1-3H3,(H,17,18). The molecular formula is C15H19NO6. The molecule has 0 unspecified atom stereocenters. The van der Waals surface area contributed by atoms with E-state index in [0.29, 0.717) is 17.1 Å². The third kappa shape index (κ3) is 5.01. The number of benzene rings is 1. The van der Waals surface area contributed by atoms with E-state index >= 15 is 0 Å². The van der Waals surface area contributed by atoms with Crippen LogP contribution in [-0.2, 0) is 14.3 Å². The van der Waals surface area contributed by atoms with Crippen molar-refractivity contribution in [2.75, 3.05) is 27.4 Å². The first-order chi connectivity index (χ1) is 10.5. The summed E-state index contributed by atoms with van der Waals surface area (Å²) in [5.74, 6) is -0.639. The molecule has 2 N–H and O–H groups in total. The van der Waals surface area contributed by atoms with Crippen LogP contribution in [0, 0.1) is 0 Å². The highest BCUT2D eigenvalue weighted by molar-refractivity contribution is 5.91. The summed E-state index contributed by atoms with van der Waals surface area (Å²) in [6.45, 7) is 1.80. The van der Waals surface area contributed by atoms with Gasteiger partial charge < -0.3 is 24.6 Å². The van der Waals surface area contributed by atoms with E-state index in [2.05, 4.69) is 5.32 Å². The molecule has 0 amide bonds. The predicted molar refractivity (Wildman–Crippen MR) is 79.8 cm³/mol. The summed E-state index contributed by atoms with van der Waals surface area (Å²) in [6.07, 6.45) is 0.962. The number of rotatable bonds is 8. The molecule has 1 rings (SSSR count). The fourth-order valence-electron chi connectivity index (χ4n) is 1.75. The minimum Gasteiger partial charge on any atom is -0.497 e. The summed E-state index contributed by atoms with van der Waals surface area (Å²) in [5.41, 5.74) is 0.732. The molecular weight excluding hydrogens is 290 g/mol. The van der Waals surface area contributed by atoms with E-state index in [4.69, 9.17) is 19.3 Å². The highest BCUT2D eigenvalue weighted by Crippen LogP contribution is 2.29. The van der Waals surface area contributed by atoms with Gasteiger partial charge in [0.15, 0.2) is 0 Å². The second-order valence-electron chi connectivity index (χ2n) is 4.12. The Labute approximate surface area is 128 Å². The highest BCUT2D eigenvalue weighted by atomic mass is 16.5. The van der Waals surface area contributed by atoms with E-state index in [0.717, 1.165) is 6.08 Å². The molecule has 7 nitrogen and oxygen atoms in total. The molecule has 0 spiro atoms. The Morgan fingerprint density at radius 2 is 2.00 bits per heavy atom. The number of carbonyl (C=O) groups is 2. The van der Waals surface area contributed by atoms with Crippen molar-refractivity contribution in [1.29, 1.82) is 0 Å². The van der Waals surface area contributed by atoms with Gasteiger partial charge in [-0.25, -0.2) is 4.79 Å². The third-order valence-electron chi connectivity index (χ3n) is 2.70. The number of nitrogens with one attached hydrogen (secondary N) is 1. The highest BCUT2D eigenvalue weighted by Gasteiger charge is 2.13. The molecule has 0 saturated carbocycles. The zero-order valence-corrected chi connectivity index (χ0v) is 12.7. The van der Waals surface area contributed by atoms with Crippen LogP contribution in [0.25, 0.3) is 5.70 Å². The number of carbonyl (C=O) groups excluding carboxylic acids is 1. The largest absolute Gasteiger partial charge is 0.497 e. The smallest absolute Gasteiger partial charge is 0.330 e. The van der Waals surface area contributed by atoms with Crippen molar-refractivity contribution in [1.82, 2.24) is 5.32 Å². The Morgan fingerprint density at radius 1 is 1.27 bits per heavy atom. The van der Waals surface area contributed by atoms with Crippen LogP contribution in [0.15, 0.2) is 24.3 Å². The first-order valence-corrected chi connectivity index (χ1v) is 6.58. The summed E-state index contributed by atoms with van der Waals surface area (Å²) >= 11 is 0. The first-order valence-electron chi connectivity index (χ1n) is 6.58. The van der Waals surface area contributed by atoms with E-state index in [1.54, 1.807) is 25.1 Å². The van der Waals surface area contributed by atoms with E-state index in [9.17, 15) is 9.59 Å². The Kier molecular flexibility index (Phi) is 6.75. The Morgan fingerprint density at radius 3 is 2.55 bits per heavy atom. The van der Waals surface area contributed by atoms with E-state index in [1.165, 1.54) is 14.2 Å². The van der Waals surface area contributed by atoms with Crippen molar-refractivity contribution >= 4 is 17.6 Å². The molecule has 0 aliphatic carbocycles. The molecule has 0 fully saturated rings. The van der Waals surface area contributed by atoms with Crippen molar-refractivity contribution in [2.45, 2.75) is 6.92 Å². The lowest BCUT2D eigenvalue weighted by Crippen LogP contribution is -2.24. The number of methoxy groups -OCH3 is 2. The van der Waals surface area contributed by atoms with Crippen LogP contribution in [0.5, 0.6) is 11.5 Å². The zero-order chi connectivity index (χ0) is 16.5. The molecule has 0 aromatic heterocycles. The number of aliphatic carboxylic acids is 1. The van der Waals surface area contributed by atoms with Gasteiger partial charge in [-0.2, -0.15) is 0 Å². The van der Waals surface area contributed by atoms with Crippen LogP contribution >= 0.6 is 0 Å². The number of carboxylic acids is 1. The Balaban J connectivity index is 3.07. The average Bonchev–Trinajstić information content (AvgIpc) is 2.50. The van der Waals surface area contributed by atoms with Crippen molar-refractivity contribution < 1.29 is 28.9 Å². The summed E-state index contributed by atoms with van der Waals surface area (Å²) < 4.78 is 15.1. The van der Waals surface area contributed by atoms with Gasteiger partial charge in [-0.1, -0.05) is 0 Å². The number of ether oxygens (including phenoxy) is 3. The lowest BCUT2D eigenvalue weighted by atomic mass is 10.1. The molecule has 0 saturated heterocycles. The van der Waals surface area contributed by atoms with Crippen molar-refractivity contribution in [2.24, 2.45) is 0 Å². The van der Waals surface area contributed by atoms with Gasteiger partial charge in [-0.05, 0) is 19.1 Å². The molecule has 0 heterocycles. The number of carboxylic acid groups (broad SMARTS) is 1. The maximum atomic E-state index is 11.4. The summed E-state index contributed by atoms with van der Waals surface area (Å²) in [6, 6.07) is 4.93. The van der Waals surface area contributed by atoms with Gasteiger partial charge in [0.2, 0.25) is 0 Å². The van der Waals surface area contributed by atoms with Crippen molar-refractivity contribution in [3.63, 3.8) is 0 Å². The second kappa shape index (κ2) is 8.56. The molecule has 1 aromatic rings. The normalized spacial score (nSPS) is 10.8. The summed E-state index contributed by atoms with van der Waals surface area (Å²) in [7, 11) is 2.98. The summed E-state index contributed by atoms with van der Waals surface area (Å²) in [5, 5.41) is 11.7. The van der Waals surface area contributed by atoms with Crippen LogP contribution in [0.1, 0.15) is 12.5 Å². The lowest BCUT2D eigenvalue weighted by molar-refractivity contribution is -0.141. The molecule has 120 valence electrons. The minimum absolute atomic E-state index is 0.151. The van der Waals surface area contributed by atoms with Gasteiger partial charge in [-0.15, -0.1) is 0 Å². The van der Waals surface area contributed by atoms with Crippen LogP contribution in [0.2, 0.25) is 0 Å². The van der Waals surface area contributed by atoms with E-state index in [-0.39, 0.29) is 18.8 Å². The van der Waals surface area contributed by atoms with Gasteiger partial charge in [0.1, 0.15) is 18.0 Å². The molecule has 0 atom stereocenters. The predicted octanol–water partition coefficient (Wildman–Crippen LogP) is 1.28. The van der Waals surface area contributed by atoms with Crippen molar-refractivity contribution in [3.05, 3.63) is 29.8 Å². The van der Waals surface area contributed by atoms with E-state index in [1.807, 2.05) is 0 Å². The number of hydrogen-bond donors (Lipinski definition) is 2. The Bertz CT molecular complexity index is 567. The topological polar surface area (TPSA) is 94.1 Å². The van der Waals surface area contributed by atoms with E-state index < -0.39 is 11.9 Å². The molecule has 0 aliphatic rings. The summed E-state index contributed by atoms with van der Waals surface area (Å²) in [4.78, 5) is 22.4. The maximum absolute atomic E-state index is 11.4. The second-order valence-corrected chi connectivity index (χ2v) is 4.12. The van der Waals surface area contributed by atoms with Gasteiger partial charge in [0, 0.05) is 17.7 Å². The molecule has 0 bridgehead atoms. The van der Waals surface area contributed by atoms with Gasteiger partial charge in [0.05, 0.1) is 26.5 Å². The SMILES string of the molecule is CCOC(=O)CNC(=CC(=O)O)c1ccc(OC)cc1OC. The van der Waals surface area contributed by atoms with Crippen LogP contribution in [0.4, 0.5) is 0 Å². The third-order valence-corrected chi connectivity index (χ3v) is 2.70. The maximum Gasteiger partial charge on any atom is 0.330 e. The quantitative estimate of drug-likeness (QED) is 0.552. The van der Waals surface area contributed by atoms with Crippen LogP contribution in [-0.4, -0.2) is 44.4 Å². The fraction of sp³-hybridized carbons (Fsp3) is 0.333. The lowest BCUT2D eigenvalue weighted by Gasteiger charge is -2.14. The van der Waals surface area contributed by atoms with Gasteiger partial charge in [-0.3, -0.25) is 4.79 Å². The molecule has 0 radical (unpaired) electrons. The fourth-order valence-corrected chi connectivity index (χ4v) is 1.75. The monoisotopic (exact) mass is 309 g/mol. The van der Waals surface area contributed by atoms with Gasteiger partial charge in [0.25, 0.3) is 0 Å². The molecule has 22 heavy (non-hydrogen) atoms. The number of hydrogen-bond acceptors (Lipinski definition) is 6. The van der Waals surface area contributed by atoms with Crippen LogP contribution in [0.3, 0.4) is 0 Å². The molecule has 0 aliphatic heterocycles. The molecule has 7 heteroatoms. The minimum atomic E-state index is -1.15. The molecule has 1 aromatic carbocycles. The first kappa shape index (κ1) is 17.4. The average molecular weight is 309 g/mol. The number of esters is 1. The Hall–Kier alpha value is -2.70. The van der Waals surface area contributed by atoms with Crippen LogP contribution < -0.4 is 14.8 Å². The van der Waals surface area contributed by atoms with Crippen molar-refractivity contribution in [3.8, 4) is 11.5 Å². The zero-order valence-electron chi connectivity index (χ0n) is 12.7. The van der Waals surface area contributed by atoms with Gasteiger partial charge >= 0.3 is 11.9 Å².